The number of azide groups is 1. The molecule has 0 aliphatic heterocycles. The zero-order chi connectivity index (χ0) is 16.7. The molecule has 0 spiro atoms. The highest BCUT2D eigenvalue weighted by molar-refractivity contribution is 6.30. The summed E-state index contributed by atoms with van der Waals surface area (Å²) in [5.74, 6) is 0. The van der Waals surface area contributed by atoms with Gasteiger partial charge in [-0.2, -0.15) is 0 Å². The maximum absolute atomic E-state index is 11.7. The first kappa shape index (κ1) is 16.4. The molecule has 7 nitrogen and oxygen atoms in total. The second-order valence-electron chi connectivity index (χ2n) is 4.40. The third kappa shape index (κ3) is 4.74. The van der Waals surface area contributed by atoms with Crippen LogP contribution in [-0.4, -0.2) is 11.8 Å². The van der Waals surface area contributed by atoms with E-state index in [9.17, 15) is 4.79 Å². The van der Waals surface area contributed by atoms with Crippen molar-refractivity contribution in [3.05, 3.63) is 69.6 Å². The van der Waals surface area contributed by atoms with Gasteiger partial charge >= 0.3 is 6.09 Å². The van der Waals surface area contributed by atoms with Gasteiger partial charge in [0, 0.05) is 26.9 Å². The first-order valence-electron chi connectivity index (χ1n) is 6.53. The van der Waals surface area contributed by atoms with E-state index >= 15 is 0 Å². The molecule has 0 radical (unpaired) electrons. The third-order valence-electron chi connectivity index (χ3n) is 2.78. The predicted octanol–water partition coefficient (Wildman–Crippen LogP) is 5.25. The Morgan fingerprint density at radius 3 is 2.78 bits per heavy atom. The van der Waals surface area contributed by atoms with Crippen LogP contribution in [0.2, 0.25) is 5.02 Å². The van der Waals surface area contributed by atoms with Crippen LogP contribution in [-0.2, 0) is 4.84 Å². The summed E-state index contributed by atoms with van der Waals surface area (Å²) in [5.41, 5.74) is 10.4. The SMILES string of the molecule is C/C(=N\OC(=O)Nc1cccc(Cl)c1)c1ccccc1N=[N+]=[N-]. The molecule has 8 heteroatoms. The lowest BCUT2D eigenvalue weighted by Crippen LogP contribution is -2.11. The fourth-order valence-electron chi connectivity index (χ4n) is 1.78. The van der Waals surface area contributed by atoms with E-state index in [2.05, 4.69) is 20.5 Å². The molecule has 0 saturated carbocycles. The molecule has 2 rings (SSSR count). The Kier molecular flexibility index (Phi) is 5.57. The van der Waals surface area contributed by atoms with Crippen molar-refractivity contribution < 1.29 is 9.63 Å². The first-order valence-corrected chi connectivity index (χ1v) is 6.90. The molecule has 0 heterocycles. The van der Waals surface area contributed by atoms with Crippen LogP contribution in [0, 0.1) is 0 Å². The van der Waals surface area contributed by atoms with Gasteiger partial charge in [0.25, 0.3) is 0 Å². The number of amides is 1. The van der Waals surface area contributed by atoms with E-state index in [1.165, 1.54) is 0 Å². The predicted molar refractivity (Wildman–Crippen MR) is 89.0 cm³/mol. The maximum atomic E-state index is 11.7. The molecule has 0 saturated heterocycles. The molecule has 116 valence electrons. The lowest BCUT2D eigenvalue weighted by molar-refractivity contribution is 0.166. The van der Waals surface area contributed by atoms with Crippen LogP contribution in [0.3, 0.4) is 0 Å². The molecule has 1 amide bonds. The highest BCUT2D eigenvalue weighted by Gasteiger charge is 2.07. The van der Waals surface area contributed by atoms with Gasteiger partial charge in [-0.3, -0.25) is 10.2 Å². The zero-order valence-corrected chi connectivity index (χ0v) is 12.9. The summed E-state index contributed by atoms with van der Waals surface area (Å²) in [6.07, 6.45) is -0.757. The largest absolute Gasteiger partial charge is 0.437 e. The van der Waals surface area contributed by atoms with E-state index in [0.29, 0.717) is 27.7 Å². The smallest absolute Gasteiger partial charge is 0.298 e. The Morgan fingerprint density at radius 1 is 1.26 bits per heavy atom. The van der Waals surface area contributed by atoms with Crippen LogP contribution in [0.5, 0.6) is 0 Å². The minimum absolute atomic E-state index is 0.397. The van der Waals surface area contributed by atoms with E-state index in [1.807, 2.05) is 0 Å². The molecule has 0 aromatic heterocycles. The number of nitrogens with zero attached hydrogens (tertiary/aromatic N) is 4. The van der Waals surface area contributed by atoms with E-state index < -0.39 is 6.09 Å². The van der Waals surface area contributed by atoms with Crippen molar-refractivity contribution >= 4 is 34.8 Å². The average molecular weight is 330 g/mol. The number of halogens is 1. The molecule has 23 heavy (non-hydrogen) atoms. The van der Waals surface area contributed by atoms with Crippen molar-refractivity contribution in [3.63, 3.8) is 0 Å². The Labute approximate surface area is 137 Å². The van der Waals surface area contributed by atoms with Crippen molar-refractivity contribution in [2.24, 2.45) is 10.3 Å². The highest BCUT2D eigenvalue weighted by atomic mass is 35.5. The average Bonchev–Trinajstić information content (AvgIpc) is 2.53. The summed E-state index contributed by atoms with van der Waals surface area (Å²) in [6.45, 7) is 1.64. The number of hydrogen-bond acceptors (Lipinski definition) is 4. The van der Waals surface area contributed by atoms with Crippen molar-refractivity contribution in [2.75, 3.05) is 5.32 Å². The molecule has 1 N–H and O–H groups in total. The maximum Gasteiger partial charge on any atom is 0.437 e. The Hall–Kier alpha value is -3.02. The molecule has 0 atom stereocenters. The van der Waals surface area contributed by atoms with Gasteiger partial charge in [-0.05, 0) is 30.7 Å². The van der Waals surface area contributed by atoms with Crippen LogP contribution < -0.4 is 5.32 Å². The third-order valence-corrected chi connectivity index (χ3v) is 3.02. The minimum atomic E-state index is -0.757. The summed E-state index contributed by atoms with van der Waals surface area (Å²) in [7, 11) is 0. The van der Waals surface area contributed by atoms with Crippen LogP contribution in [0.1, 0.15) is 12.5 Å². The minimum Gasteiger partial charge on any atom is -0.298 e. The molecule has 0 aliphatic carbocycles. The standard InChI is InChI=1S/C15H12ClN5O2/c1-10(13-7-2-3-8-14(13)19-21-17)20-23-15(22)18-12-6-4-5-11(16)9-12/h2-9H,1H3,(H,18,22)/b20-10+. The first-order chi connectivity index (χ1) is 11.1. The molecule has 0 fully saturated rings. The summed E-state index contributed by atoms with van der Waals surface area (Å²) in [5, 5.41) is 10.3. The second-order valence-corrected chi connectivity index (χ2v) is 4.83. The second kappa shape index (κ2) is 7.84. The van der Waals surface area contributed by atoms with Gasteiger partial charge in [0.2, 0.25) is 0 Å². The van der Waals surface area contributed by atoms with Gasteiger partial charge in [-0.1, -0.05) is 52.2 Å². The number of carbonyl (C=O) groups excluding carboxylic acids is 1. The monoisotopic (exact) mass is 329 g/mol. The Bertz CT molecular complexity index is 800. The van der Waals surface area contributed by atoms with E-state index in [-0.39, 0.29) is 0 Å². The molecular weight excluding hydrogens is 318 g/mol. The van der Waals surface area contributed by atoms with Crippen LogP contribution in [0.15, 0.2) is 58.8 Å². The number of nitrogens with one attached hydrogen (secondary N) is 1. The lowest BCUT2D eigenvalue weighted by Gasteiger charge is -2.05. The summed E-state index contributed by atoms with van der Waals surface area (Å²) in [6, 6.07) is 13.5. The Morgan fingerprint density at radius 2 is 2.04 bits per heavy atom. The molecular formula is C15H12ClN5O2. The van der Waals surface area contributed by atoms with Crippen molar-refractivity contribution in [1.29, 1.82) is 0 Å². The van der Waals surface area contributed by atoms with E-state index in [1.54, 1.807) is 55.5 Å². The number of carbonyl (C=O) groups is 1. The lowest BCUT2D eigenvalue weighted by atomic mass is 10.1. The van der Waals surface area contributed by atoms with Crippen LogP contribution in [0.4, 0.5) is 16.2 Å². The Balaban J connectivity index is 2.07. The van der Waals surface area contributed by atoms with Crippen LogP contribution >= 0.6 is 11.6 Å². The number of rotatable bonds is 4. The van der Waals surface area contributed by atoms with E-state index in [4.69, 9.17) is 22.0 Å². The number of hydrogen-bond donors (Lipinski definition) is 1. The topological polar surface area (TPSA) is 99.5 Å². The molecule has 2 aromatic carbocycles. The zero-order valence-electron chi connectivity index (χ0n) is 12.1. The van der Waals surface area contributed by atoms with Crippen LogP contribution in [0.25, 0.3) is 10.4 Å². The highest BCUT2D eigenvalue weighted by Crippen LogP contribution is 2.20. The van der Waals surface area contributed by atoms with Crippen molar-refractivity contribution in [2.45, 2.75) is 6.92 Å². The van der Waals surface area contributed by atoms with Gasteiger partial charge < -0.3 is 0 Å². The number of benzene rings is 2. The molecule has 0 bridgehead atoms. The molecule has 0 unspecified atom stereocenters. The summed E-state index contributed by atoms with van der Waals surface area (Å²) >= 11 is 5.82. The molecule has 0 aliphatic rings. The van der Waals surface area contributed by atoms with Crippen molar-refractivity contribution in [3.8, 4) is 0 Å². The van der Waals surface area contributed by atoms with Gasteiger partial charge in [-0.15, -0.1) is 0 Å². The normalized spacial score (nSPS) is 10.6. The van der Waals surface area contributed by atoms with Gasteiger partial charge in [0.05, 0.1) is 5.71 Å². The summed E-state index contributed by atoms with van der Waals surface area (Å²) < 4.78 is 0. The number of oxime groups is 1. The van der Waals surface area contributed by atoms with Gasteiger partial charge in [0.1, 0.15) is 0 Å². The number of anilines is 1. The fraction of sp³-hybridized carbons (Fsp3) is 0.0667. The van der Waals surface area contributed by atoms with Gasteiger partial charge in [0.15, 0.2) is 0 Å². The molecule has 2 aromatic rings. The van der Waals surface area contributed by atoms with Crippen molar-refractivity contribution in [1.82, 2.24) is 0 Å². The van der Waals surface area contributed by atoms with E-state index in [0.717, 1.165) is 0 Å². The quantitative estimate of drug-likeness (QED) is 0.207. The fourth-order valence-corrected chi connectivity index (χ4v) is 1.97. The van der Waals surface area contributed by atoms with Gasteiger partial charge in [-0.25, -0.2) is 4.79 Å². The summed E-state index contributed by atoms with van der Waals surface area (Å²) in [4.78, 5) is 19.2.